The van der Waals surface area contributed by atoms with Crippen molar-refractivity contribution < 1.29 is 13.9 Å². The molecule has 2 N–H and O–H groups in total. The van der Waals surface area contributed by atoms with Crippen molar-refractivity contribution in [1.29, 1.82) is 0 Å². The molecule has 1 aromatic heterocycles. The monoisotopic (exact) mass is 264 g/mol. The smallest absolute Gasteiger partial charge is 0.363 e. The number of rotatable bonds is 3. The second-order valence-corrected chi connectivity index (χ2v) is 4.17. The number of nitrogen functional groups attached to an aromatic ring is 1. The zero-order chi connectivity index (χ0) is 14.0. The predicted octanol–water partition coefficient (Wildman–Crippen LogP) is 1.55. The van der Waals surface area contributed by atoms with Crippen LogP contribution in [0, 0.1) is 5.82 Å². The maximum absolute atomic E-state index is 12.8. The molecule has 0 aliphatic rings. The Labute approximate surface area is 109 Å². The SMILES string of the molecule is CC(C)OC(=O)c1nnn(-c2ccc(F)cc2)c1N. The Morgan fingerprint density at radius 1 is 1.37 bits per heavy atom. The van der Waals surface area contributed by atoms with E-state index in [1.807, 2.05) is 0 Å². The number of esters is 1. The van der Waals surface area contributed by atoms with Gasteiger partial charge in [-0.15, -0.1) is 5.10 Å². The number of anilines is 1. The molecule has 0 atom stereocenters. The number of benzene rings is 1. The summed E-state index contributed by atoms with van der Waals surface area (Å²) in [6.45, 7) is 3.44. The fraction of sp³-hybridized carbons (Fsp3) is 0.250. The molecule has 0 unspecified atom stereocenters. The maximum Gasteiger partial charge on any atom is 0.363 e. The zero-order valence-electron chi connectivity index (χ0n) is 10.5. The lowest BCUT2D eigenvalue weighted by Crippen LogP contribution is -2.14. The van der Waals surface area contributed by atoms with Crippen molar-refractivity contribution in [1.82, 2.24) is 15.0 Å². The van der Waals surface area contributed by atoms with Gasteiger partial charge in [0.15, 0.2) is 5.82 Å². The first kappa shape index (κ1) is 13.0. The summed E-state index contributed by atoms with van der Waals surface area (Å²) in [6.07, 6.45) is -0.275. The molecule has 0 saturated heterocycles. The summed E-state index contributed by atoms with van der Waals surface area (Å²) in [4.78, 5) is 11.7. The molecule has 7 heteroatoms. The maximum atomic E-state index is 12.8. The summed E-state index contributed by atoms with van der Waals surface area (Å²) in [5.41, 5.74) is 6.25. The lowest BCUT2D eigenvalue weighted by Gasteiger charge is -2.06. The first-order valence-electron chi connectivity index (χ1n) is 5.67. The Morgan fingerprint density at radius 3 is 2.58 bits per heavy atom. The molecule has 6 nitrogen and oxygen atoms in total. The standard InChI is InChI=1S/C12H13FN4O2/c1-7(2)19-12(18)10-11(14)17(16-15-10)9-5-3-8(13)4-6-9/h3-7H,14H2,1-2H3. The van der Waals surface area contributed by atoms with E-state index < -0.39 is 5.97 Å². The minimum Gasteiger partial charge on any atom is -0.458 e. The van der Waals surface area contributed by atoms with E-state index in [0.29, 0.717) is 5.69 Å². The van der Waals surface area contributed by atoms with Crippen LogP contribution in [0.3, 0.4) is 0 Å². The Balaban J connectivity index is 2.32. The van der Waals surface area contributed by atoms with E-state index in [1.54, 1.807) is 13.8 Å². The number of carbonyl (C=O) groups excluding carboxylic acids is 1. The fourth-order valence-electron chi connectivity index (χ4n) is 1.48. The summed E-state index contributed by atoms with van der Waals surface area (Å²) in [5, 5.41) is 7.45. The highest BCUT2D eigenvalue weighted by Gasteiger charge is 2.20. The van der Waals surface area contributed by atoms with Crippen LogP contribution in [-0.4, -0.2) is 27.1 Å². The number of aromatic nitrogens is 3. The highest BCUT2D eigenvalue weighted by molar-refractivity contribution is 5.92. The normalized spacial score (nSPS) is 10.7. The van der Waals surface area contributed by atoms with Crippen LogP contribution in [0.1, 0.15) is 24.3 Å². The van der Waals surface area contributed by atoms with Gasteiger partial charge in [-0.05, 0) is 38.1 Å². The molecule has 0 spiro atoms. The molecule has 2 rings (SSSR count). The molecule has 0 aliphatic heterocycles. The molecule has 19 heavy (non-hydrogen) atoms. The summed E-state index contributed by atoms with van der Waals surface area (Å²) in [5.74, 6) is -0.958. The number of carbonyl (C=O) groups is 1. The fourth-order valence-corrected chi connectivity index (χ4v) is 1.48. The van der Waals surface area contributed by atoms with Crippen LogP contribution in [0.2, 0.25) is 0 Å². The molecule has 0 fully saturated rings. The average Bonchev–Trinajstić information content (AvgIpc) is 2.71. The molecule has 1 heterocycles. The number of ether oxygens (including phenoxy) is 1. The van der Waals surface area contributed by atoms with E-state index in [2.05, 4.69) is 10.3 Å². The molecular weight excluding hydrogens is 251 g/mol. The molecule has 0 amide bonds. The van der Waals surface area contributed by atoms with Crippen LogP contribution in [0.25, 0.3) is 5.69 Å². The van der Waals surface area contributed by atoms with Gasteiger partial charge in [-0.25, -0.2) is 9.18 Å². The minimum absolute atomic E-state index is 0.0530. The van der Waals surface area contributed by atoms with Gasteiger partial charge in [-0.2, -0.15) is 4.68 Å². The number of hydrogen-bond acceptors (Lipinski definition) is 5. The number of nitrogens with two attached hydrogens (primary N) is 1. The number of halogens is 1. The van der Waals surface area contributed by atoms with Crippen molar-refractivity contribution in [2.45, 2.75) is 20.0 Å². The van der Waals surface area contributed by atoms with Crippen LogP contribution >= 0.6 is 0 Å². The second kappa shape index (κ2) is 5.05. The third-order valence-electron chi connectivity index (χ3n) is 2.31. The van der Waals surface area contributed by atoms with Gasteiger partial charge < -0.3 is 10.5 Å². The van der Waals surface area contributed by atoms with Gasteiger partial charge >= 0.3 is 5.97 Å². The van der Waals surface area contributed by atoms with Crippen molar-refractivity contribution in [3.63, 3.8) is 0 Å². The Kier molecular flexibility index (Phi) is 3.46. The quantitative estimate of drug-likeness (QED) is 0.850. The van der Waals surface area contributed by atoms with Crippen LogP contribution in [-0.2, 0) is 4.74 Å². The molecule has 0 saturated carbocycles. The van der Waals surface area contributed by atoms with Crippen molar-refractivity contribution in [2.24, 2.45) is 0 Å². The Morgan fingerprint density at radius 2 is 2.00 bits per heavy atom. The van der Waals surface area contributed by atoms with Gasteiger partial charge in [0.25, 0.3) is 0 Å². The molecule has 100 valence electrons. The van der Waals surface area contributed by atoms with Crippen molar-refractivity contribution in [2.75, 3.05) is 5.73 Å². The third kappa shape index (κ3) is 2.70. The van der Waals surface area contributed by atoms with Gasteiger partial charge in [0.2, 0.25) is 5.69 Å². The van der Waals surface area contributed by atoms with E-state index in [0.717, 1.165) is 0 Å². The second-order valence-electron chi connectivity index (χ2n) is 4.17. The highest BCUT2D eigenvalue weighted by Crippen LogP contribution is 2.16. The minimum atomic E-state index is -0.638. The summed E-state index contributed by atoms with van der Waals surface area (Å²) >= 11 is 0. The van der Waals surface area contributed by atoms with E-state index >= 15 is 0 Å². The van der Waals surface area contributed by atoms with Crippen molar-refractivity contribution in [3.05, 3.63) is 35.8 Å². The summed E-state index contributed by atoms with van der Waals surface area (Å²) in [7, 11) is 0. The topological polar surface area (TPSA) is 83.0 Å². The van der Waals surface area contributed by atoms with Crippen molar-refractivity contribution in [3.8, 4) is 5.69 Å². The van der Waals surface area contributed by atoms with E-state index in [9.17, 15) is 9.18 Å². The van der Waals surface area contributed by atoms with Gasteiger partial charge in [0.1, 0.15) is 5.82 Å². The zero-order valence-corrected chi connectivity index (χ0v) is 10.5. The van der Waals surface area contributed by atoms with E-state index in [4.69, 9.17) is 10.5 Å². The van der Waals surface area contributed by atoms with Gasteiger partial charge in [0.05, 0.1) is 11.8 Å². The molecule has 0 bridgehead atoms. The number of hydrogen-bond donors (Lipinski definition) is 1. The first-order chi connectivity index (χ1) is 8.99. The molecular formula is C12H13FN4O2. The largest absolute Gasteiger partial charge is 0.458 e. The summed E-state index contributed by atoms with van der Waals surface area (Å²) in [6, 6.07) is 5.50. The number of nitrogens with zero attached hydrogens (tertiary/aromatic N) is 3. The average molecular weight is 264 g/mol. The van der Waals surface area contributed by atoms with Gasteiger partial charge in [-0.3, -0.25) is 0 Å². The molecule has 2 aromatic rings. The van der Waals surface area contributed by atoms with Crippen molar-refractivity contribution >= 4 is 11.8 Å². The van der Waals surface area contributed by atoms with Gasteiger partial charge in [0, 0.05) is 0 Å². The van der Waals surface area contributed by atoms with Crippen LogP contribution in [0.15, 0.2) is 24.3 Å². The molecule has 0 radical (unpaired) electrons. The molecule has 1 aromatic carbocycles. The van der Waals surface area contributed by atoms with Crippen LogP contribution < -0.4 is 5.73 Å². The third-order valence-corrected chi connectivity index (χ3v) is 2.31. The first-order valence-corrected chi connectivity index (χ1v) is 5.67. The van der Waals surface area contributed by atoms with E-state index in [-0.39, 0.29) is 23.4 Å². The lowest BCUT2D eigenvalue weighted by molar-refractivity contribution is 0.0372. The highest BCUT2D eigenvalue weighted by atomic mass is 19.1. The van der Waals surface area contributed by atoms with Crippen LogP contribution in [0.4, 0.5) is 10.2 Å². The Bertz CT molecular complexity index is 592. The van der Waals surface area contributed by atoms with E-state index in [1.165, 1.54) is 28.9 Å². The summed E-state index contributed by atoms with van der Waals surface area (Å²) < 4.78 is 19.1. The Hall–Kier alpha value is -2.44. The van der Waals surface area contributed by atoms with Gasteiger partial charge in [-0.1, -0.05) is 5.21 Å². The molecule has 0 aliphatic carbocycles. The lowest BCUT2D eigenvalue weighted by atomic mass is 10.3. The predicted molar refractivity (Wildman–Crippen MR) is 66.3 cm³/mol. The van der Waals surface area contributed by atoms with Crippen LogP contribution in [0.5, 0.6) is 0 Å².